The summed E-state index contributed by atoms with van der Waals surface area (Å²) in [4.78, 5) is 17.5. The third kappa shape index (κ3) is 3.11. The van der Waals surface area contributed by atoms with Crippen molar-refractivity contribution in [1.29, 1.82) is 0 Å². The van der Waals surface area contributed by atoms with E-state index in [0.29, 0.717) is 6.54 Å². The van der Waals surface area contributed by atoms with Crippen LogP contribution >= 0.6 is 0 Å². The Hall–Kier alpha value is -2.20. The molecule has 0 fully saturated rings. The summed E-state index contributed by atoms with van der Waals surface area (Å²) < 4.78 is 0. The van der Waals surface area contributed by atoms with Crippen molar-refractivity contribution in [2.24, 2.45) is 0 Å². The summed E-state index contributed by atoms with van der Waals surface area (Å²) in [5, 5.41) is 9.23. The summed E-state index contributed by atoms with van der Waals surface area (Å²) in [5.74, 6) is -0.958. The average molecular weight is 282 g/mol. The van der Waals surface area contributed by atoms with Crippen LogP contribution in [0.1, 0.15) is 33.6 Å². The van der Waals surface area contributed by atoms with E-state index in [0.717, 1.165) is 31.5 Å². The SMILES string of the molecule is O=C(O)c1ncccc1CN1CCCc2ccccc2C1. The highest BCUT2D eigenvalue weighted by molar-refractivity contribution is 5.86. The first-order valence-corrected chi connectivity index (χ1v) is 7.20. The number of fused-ring (bicyclic) bond motifs is 1. The molecule has 1 aliphatic rings. The van der Waals surface area contributed by atoms with Crippen LogP contribution in [0.15, 0.2) is 42.6 Å². The van der Waals surface area contributed by atoms with E-state index in [4.69, 9.17) is 0 Å². The van der Waals surface area contributed by atoms with Crippen molar-refractivity contribution in [3.8, 4) is 0 Å². The lowest BCUT2D eigenvalue weighted by molar-refractivity contribution is 0.0687. The van der Waals surface area contributed by atoms with E-state index in [1.165, 1.54) is 17.3 Å². The Morgan fingerprint density at radius 2 is 2.00 bits per heavy atom. The molecule has 4 heteroatoms. The molecule has 21 heavy (non-hydrogen) atoms. The second kappa shape index (κ2) is 6.06. The zero-order valence-electron chi connectivity index (χ0n) is 11.8. The van der Waals surface area contributed by atoms with Gasteiger partial charge < -0.3 is 5.11 Å². The maximum Gasteiger partial charge on any atom is 0.354 e. The van der Waals surface area contributed by atoms with Crippen molar-refractivity contribution in [3.05, 3.63) is 65.0 Å². The van der Waals surface area contributed by atoms with Gasteiger partial charge in [-0.15, -0.1) is 0 Å². The van der Waals surface area contributed by atoms with Gasteiger partial charge in [0.05, 0.1) is 0 Å². The summed E-state index contributed by atoms with van der Waals surface area (Å²) in [6.07, 6.45) is 3.72. The monoisotopic (exact) mass is 282 g/mol. The standard InChI is InChI=1S/C17H18N2O2/c20-17(21)16-15(7-3-9-18-16)12-19-10-4-8-13-5-1-2-6-14(13)11-19/h1-3,5-7,9H,4,8,10-12H2,(H,20,21). The summed E-state index contributed by atoms with van der Waals surface area (Å²) in [7, 11) is 0. The fourth-order valence-electron chi connectivity index (χ4n) is 2.90. The molecule has 4 nitrogen and oxygen atoms in total. The summed E-state index contributed by atoms with van der Waals surface area (Å²) in [6.45, 7) is 2.47. The summed E-state index contributed by atoms with van der Waals surface area (Å²) in [6, 6.07) is 12.1. The van der Waals surface area contributed by atoms with Gasteiger partial charge in [0.1, 0.15) is 0 Å². The Morgan fingerprint density at radius 3 is 2.81 bits per heavy atom. The first kappa shape index (κ1) is 13.8. The first-order valence-electron chi connectivity index (χ1n) is 7.20. The maximum atomic E-state index is 11.2. The van der Waals surface area contributed by atoms with Gasteiger partial charge in [-0.3, -0.25) is 4.90 Å². The highest BCUT2D eigenvalue weighted by atomic mass is 16.4. The first-order chi connectivity index (χ1) is 10.2. The Balaban J connectivity index is 1.81. The Morgan fingerprint density at radius 1 is 1.19 bits per heavy atom. The summed E-state index contributed by atoms with van der Waals surface area (Å²) >= 11 is 0. The second-order valence-corrected chi connectivity index (χ2v) is 5.40. The lowest BCUT2D eigenvalue weighted by atomic mass is 10.0. The van der Waals surface area contributed by atoms with Crippen molar-refractivity contribution in [1.82, 2.24) is 9.88 Å². The fourth-order valence-corrected chi connectivity index (χ4v) is 2.90. The van der Waals surface area contributed by atoms with Crippen molar-refractivity contribution < 1.29 is 9.90 Å². The Labute approximate surface area is 124 Å². The van der Waals surface area contributed by atoms with Crippen LogP contribution < -0.4 is 0 Å². The molecule has 0 saturated heterocycles. The molecule has 0 spiro atoms. The molecule has 0 bridgehead atoms. The van der Waals surface area contributed by atoms with Gasteiger partial charge in [0.15, 0.2) is 5.69 Å². The second-order valence-electron chi connectivity index (χ2n) is 5.40. The topological polar surface area (TPSA) is 53.4 Å². The van der Waals surface area contributed by atoms with E-state index >= 15 is 0 Å². The van der Waals surface area contributed by atoms with Gasteiger partial charge in [-0.2, -0.15) is 0 Å². The molecule has 0 radical (unpaired) electrons. The van der Waals surface area contributed by atoms with Crippen molar-refractivity contribution >= 4 is 5.97 Å². The molecule has 1 aliphatic heterocycles. The van der Waals surface area contributed by atoms with E-state index in [1.54, 1.807) is 6.07 Å². The smallest absolute Gasteiger partial charge is 0.354 e. The zero-order valence-corrected chi connectivity index (χ0v) is 11.8. The number of hydrogen-bond donors (Lipinski definition) is 1. The average Bonchev–Trinajstić information content (AvgIpc) is 2.69. The number of hydrogen-bond acceptors (Lipinski definition) is 3. The number of pyridine rings is 1. The third-order valence-electron chi connectivity index (χ3n) is 3.92. The highest BCUT2D eigenvalue weighted by Gasteiger charge is 2.17. The van der Waals surface area contributed by atoms with Crippen molar-refractivity contribution in [2.45, 2.75) is 25.9 Å². The number of aromatic nitrogens is 1. The molecule has 1 aromatic carbocycles. The van der Waals surface area contributed by atoms with E-state index in [9.17, 15) is 9.90 Å². The van der Waals surface area contributed by atoms with Crippen LogP contribution in [0.25, 0.3) is 0 Å². The number of aromatic carboxylic acids is 1. The molecule has 0 aliphatic carbocycles. The number of nitrogens with zero attached hydrogens (tertiary/aromatic N) is 2. The van der Waals surface area contributed by atoms with Gasteiger partial charge >= 0.3 is 5.97 Å². The molecule has 0 saturated carbocycles. The van der Waals surface area contributed by atoms with Crippen LogP contribution in [0.5, 0.6) is 0 Å². The number of aryl methyl sites for hydroxylation is 1. The number of carboxylic acid groups (broad SMARTS) is 1. The van der Waals surface area contributed by atoms with Gasteiger partial charge in [0.25, 0.3) is 0 Å². The molecule has 0 amide bonds. The molecule has 1 N–H and O–H groups in total. The van der Waals surface area contributed by atoms with E-state index in [2.05, 4.69) is 34.1 Å². The Kier molecular flexibility index (Phi) is 3.97. The van der Waals surface area contributed by atoms with Gasteiger partial charge in [-0.05, 0) is 42.1 Å². The van der Waals surface area contributed by atoms with E-state index in [1.807, 2.05) is 6.07 Å². The van der Waals surface area contributed by atoms with Gasteiger partial charge in [-0.25, -0.2) is 9.78 Å². The van der Waals surface area contributed by atoms with Gasteiger partial charge in [-0.1, -0.05) is 30.3 Å². The molecule has 0 atom stereocenters. The van der Waals surface area contributed by atoms with Crippen LogP contribution in [0.3, 0.4) is 0 Å². The van der Waals surface area contributed by atoms with Gasteiger partial charge in [0, 0.05) is 19.3 Å². The zero-order chi connectivity index (χ0) is 14.7. The minimum Gasteiger partial charge on any atom is -0.477 e. The third-order valence-corrected chi connectivity index (χ3v) is 3.92. The van der Waals surface area contributed by atoms with Crippen LogP contribution in [0.2, 0.25) is 0 Å². The predicted molar refractivity (Wildman–Crippen MR) is 80.1 cm³/mol. The quantitative estimate of drug-likeness (QED) is 0.940. The normalized spacial score (nSPS) is 15.2. The maximum absolute atomic E-state index is 11.2. The molecular formula is C17H18N2O2. The molecule has 2 heterocycles. The molecule has 0 unspecified atom stereocenters. The molecule has 1 aromatic heterocycles. The Bertz CT molecular complexity index is 655. The lowest BCUT2D eigenvalue weighted by Crippen LogP contribution is -2.24. The van der Waals surface area contributed by atoms with Crippen molar-refractivity contribution in [3.63, 3.8) is 0 Å². The highest BCUT2D eigenvalue weighted by Crippen LogP contribution is 2.20. The minimum atomic E-state index is -0.958. The predicted octanol–water partition coefficient (Wildman–Crippen LogP) is 2.73. The number of carbonyl (C=O) groups is 1. The number of carboxylic acids is 1. The van der Waals surface area contributed by atoms with Gasteiger partial charge in [0.2, 0.25) is 0 Å². The van der Waals surface area contributed by atoms with Crippen molar-refractivity contribution in [2.75, 3.05) is 6.54 Å². The molecule has 108 valence electrons. The summed E-state index contributed by atoms with van der Waals surface area (Å²) in [5.41, 5.74) is 3.69. The van der Waals surface area contributed by atoms with Crippen LogP contribution in [0, 0.1) is 0 Å². The molecule has 3 rings (SSSR count). The van der Waals surface area contributed by atoms with Crippen LogP contribution in [-0.2, 0) is 19.5 Å². The molecule has 2 aromatic rings. The minimum absolute atomic E-state index is 0.162. The number of rotatable bonds is 3. The van der Waals surface area contributed by atoms with E-state index in [-0.39, 0.29) is 5.69 Å². The lowest BCUT2D eigenvalue weighted by Gasteiger charge is -2.21. The molecular weight excluding hydrogens is 264 g/mol. The van der Waals surface area contributed by atoms with Crippen LogP contribution in [-0.4, -0.2) is 27.5 Å². The van der Waals surface area contributed by atoms with Crippen LogP contribution in [0.4, 0.5) is 0 Å². The van der Waals surface area contributed by atoms with E-state index < -0.39 is 5.97 Å². The number of benzene rings is 1. The fraction of sp³-hybridized carbons (Fsp3) is 0.294. The largest absolute Gasteiger partial charge is 0.477 e.